The van der Waals surface area contributed by atoms with Crippen molar-refractivity contribution >= 4 is 39.5 Å². The lowest BCUT2D eigenvalue weighted by atomic mass is 10.1. The Labute approximate surface area is 165 Å². The molecule has 2 aromatic carbocycles. The van der Waals surface area contributed by atoms with Gasteiger partial charge in [0.25, 0.3) is 5.69 Å². The first-order valence-electron chi connectivity index (χ1n) is 8.41. The van der Waals surface area contributed by atoms with Crippen LogP contribution in [0.5, 0.6) is 0 Å². The zero-order valence-corrected chi connectivity index (χ0v) is 15.8. The third-order valence-corrected chi connectivity index (χ3v) is 5.47. The molecule has 6 nitrogen and oxygen atoms in total. The van der Waals surface area contributed by atoms with Crippen LogP contribution in [0.3, 0.4) is 0 Å². The Bertz CT molecular complexity index is 1000. The van der Waals surface area contributed by atoms with Crippen molar-refractivity contribution in [1.29, 1.82) is 0 Å². The lowest BCUT2D eigenvalue weighted by Crippen LogP contribution is -2.37. The van der Waals surface area contributed by atoms with E-state index in [0.717, 1.165) is 12.8 Å². The van der Waals surface area contributed by atoms with E-state index in [4.69, 9.17) is 12.2 Å². The normalized spacial score (nSPS) is 14.4. The number of hydrogen-bond donors (Lipinski definition) is 2. The highest BCUT2D eigenvalue weighted by atomic mass is 32.1. The predicted octanol–water partition coefficient (Wildman–Crippen LogP) is 4.69. The number of nitro benzene ring substituents is 1. The van der Waals surface area contributed by atoms with Crippen molar-refractivity contribution in [3.63, 3.8) is 0 Å². The molecule has 0 aliphatic heterocycles. The number of nitro groups is 1. The molecule has 0 atom stereocenters. The van der Waals surface area contributed by atoms with Gasteiger partial charge >= 0.3 is 0 Å². The van der Waals surface area contributed by atoms with Crippen LogP contribution < -0.4 is 10.6 Å². The Kier molecular flexibility index (Phi) is 4.59. The second-order valence-electron chi connectivity index (χ2n) is 6.37. The molecule has 0 unspecified atom stereocenters. The molecule has 1 aromatic heterocycles. The lowest BCUT2D eigenvalue weighted by molar-refractivity contribution is -0.384. The topological polar surface area (TPSA) is 80.1 Å². The van der Waals surface area contributed by atoms with E-state index in [9.17, 15) is 10.1 Å². The molecule has 0 bridgehead atoms. The van der Waals surface area contributed by atoms with Gasteiger partial charge in [0.05, 0.1) is 16.2 Å². The Hall–Kier alpha value is -2.84. The molecule has 1 aliphatic rings. The number of thiocarbonyl (C=S) groups is 1. The smallest absolute Gasteiger partial charge is 0.270 e. The summed E-state index contributed by atoms with van der Waals surface area (Å²) in [6.45, 7) is 0. The van der Waals surface area contributed by atoms with Crippen LogP contribution in [0.1, 0.15) is 18.4 Å². The number of hydrogen-bond acceptors (Lipinski definition) is 5. The third-order valence-electron chi connectivity index (χ3n) is 4.51. The summed E-state index contributed by atoms with van der Waals surface area (Å²) in [4.78, 5) is 15.0. The van der Waals surface area contributed by atoms with Gasteiger partial charge in [-0.2, -0.15) is 0 Å². The molecule has 1 aliphatic carbocycles. The first-order chi connectivity index (χ1) is 13.1. The van der Waals surface area contributed by atoms with Gasteiger partial charge in [0.1, 0.15) is 0 Å². The van der Waals surface area contributed by atoms with Crippen LogP contribution in [0.25, 0.3) is 11.3 Å². The van der Waals surface area contributed by atoms with Crippen molar-refractivity contribution < 1.29 is 4.92 Å². The first-order valence-corrected chi connectivity index (χ1v) is 9.70. The fourth-order valence-electron chi connectivity index (χ4n) is 2.96. The van der Waals surface area contributed by atoms with E-state index < -0.39 is 4.92 Å². The van der Waals surface area contributed by atoms with Gasteiger partial charge in [-0.25, -0.2) is 4.98 Å². The molecule has 4 rings (SSSR count). The summed E-state index contributed by atoms with van der Waals surface area (Å²) < 4.78 is 0. The second-order valence-corrected chi connectivity index (χ2v) is 7.64. The number of anilines is 1. The zero-order valence-electron chi connectivity index (χ0n) is 14.2. The number of rotatable bonds is 5. The van der Waals surface area contributed by atoms with Gasteiger partial charge in [0.15, 0.2) is 10.2 Å². The predicted molar refractivity (Wildman–Crippen MR) is 111 cm³/mol. The Morgan fingerprint density at radius 2 is 1.96 bits per heavy atom. The zero-order chi connectivity index (χ0) is 18.9. The molecular formula is C19H16N4O2S2. The molecule has 0 amide bonds. The van der Waals surface area contributed by atoms with Crippen molar-refractivity contribution in [1.82, 2.24) is 10.3 Å². The highest BCUT2D eigenvalue weighted by molar-refractivity contribution is 7.80. The van der Waals surface area contributed by atoms with Gasteiger partial charge in [-0.05, 0) is 30.6 Å². The molecule has 8 heteroatoms. The van der Waals surface area contributed by atoms with Crippen LogP contribution >= 0.6 is 23.6 Å². The van der Waals surface area contributed by atoms with E-state index in [1.807, 2.05) is 23.6 Å². The minimum atomic E-state index is -0.410. The van der Waals surface area contributed by atoms with Crippen LogP contribution in [0.4, 0.5) is 10.8 Å². The summed E-state index contributed by atoms with van der Waals surface area (Å²) >= 11 is 6.87. The summed E-state index contributed by atoms with van der Waals surface area (Å²) in [5, 5.41) is 20.5. The standard InChI is InChI=1S/C19H16N4O2S2/c24-23(25)15-8-4-5-13(11-15)16-12-27-18(20-16)21-17(26)22-19(9-10-19)14-6-2-1-3-7-14/h1-8,11-12H,9-10H2,(H2,20,21,22,26). The van der Waals surface area contributed by atoms with Crippen LogP contribution in [-0.2, 0) is 5.54 Å². The summed E-state index contributed by atoms with van der Waals surface area (Å²) in [6, 6.07) is 16.7. The molecule has 1 heterocycles. The van der Waals surface area contributed by atoms with Crippen LogP contribution in [-0.4, -0.2) is 15.0 Å². The van der Waals surface area contributed by atoms with Gasteiger partial charge in [-0.3, -0.25) is 10.1 Å². The van der Waals surface area contributed by atoms with Crippen molar-refractivity contribution in [2.24, 2.45) is 0 Å². The highest BCUT2D eigenvalue weighted by Gasteiger charge is 2.44. The number of nitrogens with zero attached hydrogens (tertiary/aromatic N) is 2. The Balaban J connectivity index is 1.45. The van der Waals surface area contributed by atoms with E-state index in [1.165, 1.54) is 29.0 Å². The van der Waals surface area contributed by atoms with Gasteiger partial charge in [0.2, 0.25) is 0 Å². The SMILES string of the molecule is O=[N+]([O-])c1cccc(-c2csc(NC(=S)NC3(c4ccccc4)CC3)n2)c1. The number of benzene rings is 2. The minimum Gasteiger partial charge on any atom is -0.353 e. The molecule has 0 spiro atoms. The van der Waals surface area contributed by atoms with Gasteiger partial charge in [-0.1, -0.05) is 42.5 Å². The highest BCUT2D eigenvalue weighted by Crippen LogP contribution is 2.45. The van der Waals surface area contributed by atoms with E-state index >= 15 is 0 Å². The second kappa shape index (κ2) is 7.05. The molecule has 1 saturated carbocycles. The molecular weight excluding hydrogens is 380 g/mol. The van der Waals surface area contributed by atoms with Crippen LogP contribution in [0.15, 0.2) is 60.0 Å². The molecule has 0 saturated heterocycles. The van der Waals surface area contributed by atoms with Crippen molar-refractivity contribution in [2.45, 2.75) is 18.4 Å². The summed E-state index contributed by atoms with van der Waals surface area (Å²) in [5.74, 6) is 0. The quantitative estimate of drug-likeness (QED) is 0.370. The van der Waals surface area contributed by atoms with E-state index in [-0.39, 0.29) is 11.2 Å². The molecule has 27 heavy (non-hydrogen) atoms. The summed E-state index contributed by atoms with van der Waals surface area (Å²) in [5.41, 5.74) is 2.57. The minimum absolute atomic E-state index is 0.0470. The maximum atomic E-state index is 10.9. The molecule has 0 radical (unpaired) electrons. The molecule has 3 aromatic rings. The van der Waals surface area contributed by atoms with Crippen molar-refractivity contribution in [2.75, 3.05) is 5.32 Å². The fraction of sp³-hybridized carbons (Fsp3) is 0.158. The van der Waals surface area contributed by atoms with Gasteiger partial charge in [-0.15, -0.1) is 11.3 Å². The maximum Gasteiger partial charge on any atom is 0.270 e. The summed E-state index contributed by atoms with van der Waals surface area (Å²) in [6.07, 6.45) is 2.07. The van der Waals surface area contributed by atoms with Crippen molar-refractivity contribution in [3.8, 4) is 11.3 Å². The number of thiazole rings is 1. The van der Waals surface area contributed by atoms with E-state index in [2.05, 4.69) is 27.8 Å². The maximum absolute atomic E-state index is 10.9. The number of nitrogens with one attached hydrogen (secondary N) is 2. The van der Waals surface area contributed by atoms with Gasteiger partial charge < -0.3 is 10.6 Å². The monoisotopic (exact) mass is 396 g/mol. The molecule has 136 valence electrons. The van der Waals surface area contributed by atoms with Crippen LogP contribution in [0, 0.1) is 10.1 Å². The van der Waals surface area contributed by atoms with E-state index in [1.54, 1.807) is 12.1 Å². The van der Waals surface area contributed by atoms with E-state index in [0.29, 0.717) is 21.5 Å². The largest absolute Gasteiger partial charge is 0.353 e. The average molecular weight is 396 g/mol. The average Bonchev–Trinajstić information content (AvgIpc) is 3.31. The molecule has 1 fully saturated rings. The van der Waals surface area contributed by atoms with Crippen molar-refractivity contribution in [3.05, 3.63) is 75.7 Å². The number of non-ortho nitro benzene ring substituents is 1. The van der Waals surface area contributed by atoms with Gasteiger partial charge in [0, 0.05) is 23.1 Å². The first kappa shape index (κ1) is 17.6. The third kappa shape index (κ3) is 3.81. The fourth-order valence-corrected chi connectivity index (χ4v) is 4.04. The Morgan fingerprint density at radius 1 is 1.19 bits per heavy atom. The number of aromatic nitrogens is 1. The lowest BCUT2D eigenvalue weighted by Gasteiger charge is -2.19. The Morgan fingerprint density at radius 3 is 2.67 bits per heavy atom. The summed E-state index contributed by atoms with van der Waals surface area (Å²) in [7, 11) is 0. The molecule has 2 N–H and O–H groups in total. The van der Waals surface area contributed by atoms with Crippen LogP contribution in [0.2, 0.25) is 0 Å².